The highest BCUT2D eigenvalue weighted by Crippen LogP contribution is 2.30. The van der Waals surface area contributed by atoms with Crippen molar-refractivity contribution in [1.82, 2.24) is 4.90 Å². The predicted octanol–water partition coefficient (Wildman–Crippen LogP) is 2.86. The second-order valence-corrected chi connectivity index (χ2v) is 5.98. The zero-order valence-electron chi connectivity index (χ0n) is 12.9. The molecule has 0 aromatic heterocycles. The molecule has 1 fully saturated rings. The van der Waals surface area contributed by atoms with Crippen LogP contribution in [0.2, 0.25) is 0 Å². The molecule has 2 atom stereocenters. The third-order valence-corrected chi connectivity index (χ3v) is 4.83. The maximum atomic E-state index is 10.8. The zero-order valence-corrected chi connectivity index (χ0v) is 12.9. The first-order valence-electron chi connectivity index (χ1n) is 7.66. The van der Waals surface area contributed by atoms with E-state index in [1.807, 2.05) is 18.2 Å². The van der Waals surface area contributed by atoms with Gasteiger partial charge in [-0.2, -0.15) is 0 Å². The summed E-state index contributed by atoms with van der Waals surface area (Å²) in [4.78, 5) is 2.46. The van der Waals surface area contributed by atoms with E-state index >= 15 is 0 Å². The SMILES string of the molecule is CCC(C)(C(O)Cc1cccc(OC)c1)N1CCCC1. The van der Waals surface area contributed by atoms with Crippen LogP contribution in [0, 0.1) is 0 Å². The molecule has 112 valence electrons. The number of likely N-dealkylation sites (tertiary alicyclic amines) is 1. The molecule has 1 aliphatic rings. The van der Waals surface area contributed by atoms with Gasteiger partial charge in [0.1, 0.15) is 5.75 Å². The van der Waals surface area contributed by atoms with Crippen LogP contribution >= 0.6 is 0 Å². The fraction of sp³-hybridized carbons (Fsp3) is 0.647. The van der Waals surface area contributed by atoms with Crippen molar-refractivity contribution in [1.29, 1.82) is 0 Å². The summed E-state index contributed by atoms with van der Waals surface area (Å²) in [6.45, 7) is 6.59. The average Bonchev–Trinajstić information content (AvgIpc) is 3.01. The lowest BCUT2D eigenvalue weighted by Crippen LogP contribution is -2.53. The van der Waals surface area contributed by atoms with E-state index in [1.165, 1.54) is 12.8 Å². The van der Waals surface area contributed by atoms with Crippen molar-refractivity contribution in [3.8, 4) is 5.75 Å². The third kappa shape index (κ3) is 3.15. The minimum absolute atomic E-state index is 0.125. The van der Waals surface area contributed by atoms with Crippen LogP contribution in [-0.4, -0.2) is 41.8 Å². The van der Waals surface area contributed by atoms with Gasteiger partial charge in [0.15, 0.2) is 0 Å². The highest BCUT2D eigenvalue weighted by molar-refractivity contribution is 5.29. The summed E-state index contributed by atoms with van der Waals surface area (Å²) in [6, 6.07) is 8.00. The number of nitrogens with zero attached hydrogens (tertiary/aromatic N) is 1. The molecule has 3 nitrogen and oxygen atoms in total. The Kier molecular flexibility index (Phi) is 5.06. The lowest BCUT2D eigenvalue weighted by atomic mass is 9.86. The van der Waals surface area contributed by atoms with E-state index in [0.29, 0.717) is 6.42 Å². The van der Waals surface area contributed by atoms with Crippen LogP contribution in [0.1, 0.15) is 38.7 Å². The molecule has 0 radical (unpaired) electrons. The van der Waals surface area contributed by atoms with E-state index in [-0.39, 0.29) is 11.6 Å². The summed E-state index contributed by atoms with van der Waals surface area (Å²) < 4.78 is 5.26. The highest BCUT2D eigenvalue weighted by Gasteiger charge is 2.38. The van der Waals surface area contributed by atoms with Crippen molar-refractivity contribution in [3.05, 3.63) is 29.8 Å². The van der Waals surface area contributed by atoms with Gasteiger partial charge in [-0.3, -0.25) is 4.90 Å². The van der Waals surface area contributed by atoms with Gasteiger partial charge in [-0.15, -0.1) is 0 Å². The smallest absolute Gasteiger partial charge is 0.119 e. The Hall–Kier alpha value is -1.06. The van der Waals surface area contributed by atoms with Crippen molar-refractivity contribution >= 4 is 0 Å². The van der Waals surface area contributed by atoms with Gasteiger partial charge in [0.2, 0.25) is 0 Å². The normalized spacial score (nSPS) is 20.6. The minimum atomic E-state index is -0.349. The van der Waals surface area contributed by atoms with Gasteiger partial charge in [-0.1, -0.05) is 19.1 Å². The summed E-state index contributed by atoms with van der Waals surface area (Å²) in [5.74, 6) is 0.856. The highest BCUT2D eigenvalue weighted by atomic mass is 16.5. The molecule has 20 heavy (non-hydrogen) atoms. The lowest BCUT2D eigenvalue weighted by molar-refractivity contribution is -0.0117. The average molecular weight is 277 g/mol. The molecule has 1 aromatic carbocycles. The molecule has 2 unspecified atom stereocenters. The van der Waals surface area contributed by atoms with Crippen molar-refractivity contribution in [2.45, 2.75) is 51.2 Å². The number of hydrogen-bond acceptors (Lipinski definition) is 3. The van der Waals surface area contributed by atoms with Crippen LogP contribution in [0.4, 0.5) is 0 Å². The molecular weight excluding hydrogens is 250 g/mol. The molecule has 0 saturated carbocycles. The van der Waals surface area contributed by atoms with E-state index in [9.17, 15) is 5.11 Å². The third-order valence-electron chi connectivity index (χ3n) is 4.83. The quantitative estimate of drug-likeness (QED) is 0.868. The van der Waals surface area contributed by atoms with Crippen molar-refractivity contribution < 1.29 is 9.84 Å². The van der Waals surface area contributed by atoms with Crippen LogP contribution in [0.25, 0.3) is 0 Å². The van der Waals surface area contributed by atoms with Crippen molar-refractivity contribution in [3.63, 3.8) is 0 Å². The standard InChI is InChI=1S/C17H27NO2/c1-4-17(2,18-10-5-6-11-18)16(19)13-14-8-7-9-15(12-14)20-3/h7-9,12,16,19H,4-6,10-11,13H2,1-3H3. The van der Waals surface area contributed by atoms with Crippen LogP contribution in [-0.2, 0) is 6.42 Å². The van der Waals surface area contributed by atoms with E-state index in [1.54, 1.807) is 7.11 Å². The van der Waals surface area contributed by atoms with Gasteiger partial charge in [0.05, 0.1) is 13.2 Å². The summed E-state index contributed by atoms with van der Waals surface area (Å²) in [6.07, 6.45) is 3.80. The fourth-order valence-electron chi connectivity index (χ4n) is 3.14. The van der Waals surface area contributed by atoms with E-state index in [4.69, 9.17) is 4.74 Å². The maximum Gasteiger partial charge on any atom is 0.119 e. The predicted molar refractivity (Wildman–Crippen MR) is 82.2 cm³/mol. The Morgan fingerprint density at radius 2 is 2.05 bits per heavy atom. The van der Waals surface area contributed by atoms with Crippen LogP contribution in [0.3, 0.4) is 0 Å². The van der Waals surface area contributed by atoms with Crippen LogP contribution in [0.15, 0.2) is 24.3 Å². The van der Waals surface area contributed by atoms with Gasteiger partial charge in [-0.05, 0) is 57.0 Å². The van der Waals surface area contributed by atoms with Gasteiger partial charge in [-0.25, -0.2) is 0 Å². The monoisotopic (exact) mass is 277 g/mol. The second-order valence-electron chi connectivity index (χ2n) is 5.98. The molecule has 1 aliphatic heterocycles. The van der Waals surface area contributed by atoms with Gasteiger partial charge in [0, 0.05) is 12.0 Å². The maximum absolute atomic E-state index is 10.8. The first-order chi connectivity index (χ1) is 9.60. The summed E-state index contributed by atoms with van der Waals surface area (Å²) in [5, 5.41) is 10.8. The molecular formula is C17H27NO2. The van der Waals surface area contributed by atoms with Crippen LogP contribution in [0.5, 0.6) is 5.75 Å². The Labute approximate surface area is 122 Å². The van der Waals surface area contributed by atoms with Gasteiger partial charge < -0.3 is 9.84 Å². The first kappa shape index (κ1) is 15.3. The van der Waals surface area contributed by atoms with Crippen molar-refractivity contribution in [2.75, 3.05) is 20.2 Å². The fourth-order valence-corrected chi connectivity index (χ4v) is 3.14. The summed E-state index contributed by atoms with van der Waals surface area (Å²) in [7, 11) is 1.68. The number of benzene rings is 1. The lowest BCUT2D eigenvalue weighted by Gasteiger charge is -2.42. The number of hydrogen-bond donors (Lipinski definition) is 1. The topological polar surface area (TPSA) is 32.7 Å². The largest absolute Gasteiger partial charge is 0.497 e. The molecule has 0 amide bonds. The number of aliphatic hydroxyl groups excluding tert-OH is 1. The molecule has 0 spiro atoms. The van der Waals surface area contributed by atoms with Crippen molar-refractivity contribution in [2.24, 2.45) is 0 Å². The summed E-state index contributed by atoms with van der Waals surface area (Å²) in [5.41, 5.74) is 1.01. The Bertz CT molecular complexity index is 429. The number of rotatable bonds is 6. The first-order valence-corrected chi connectivity index (χ1v) is 7.66. The molecule has 0 bridgehead atoms. The molecule has 2 rings (SSSR count). The van der Waals surface area contributed by atoms with E-state index in [2.05, 4.69) is 24.8 Å². The molecule has 1 saturated heterocycles. The molecule has 1 N–H and O–H groups in total. The molecule has 1 aromatic rings. The molecule has 3 heteroatoms. The van der Waals surface area contributed by atoms with E-state index in [0.717, 1.165) is 30.8 Å². The Morgan fingerprint density at radius 1 is 1.35 bits per heavy atom. The van der Waals surface area contributed by atoms with Gasteiger partial charge in [0.25, 0.3) is 0 Å². The van der Waals surface area contributed by atoms with Crippen LogP contribution < -0.4 is 4.74 Å². The van der Waals surface area contributed by atoms with Gasteiger partial charge >= 0.3 is 0 Å². The minimum Gasteiger partial charge on any atom is -0.497 e. The Morgan fingerprint density at radius 3 is 2.65 bits per heavy atom. The zero-order chi connectivity index (χ0) is 14.6. The molecule has 0 aliphatic carbocycles. The molecule has 1 heterocycles. The number of aliphatic hydroxyl groups is 1. The summed E-state index contributed by atoms with van der Waals surface area (Å²) >= 11 is 0. The number of ether oxygens (including phenoxy) is 1. The number of methoxy groups -OCH3 is 1. The Balaban J connectivity index is 2.09. The van der Waals surface area contributed by atoms with E-state index < -0.39 is 0 Å². The second kappa shape index (κ2) is 6.59.